The summed E-state index contributed by atoms with van der Waals surface area (Å²) in [4.78, 5) is 34.9. The maximum atomic E-state index is 11.8. The molecule has 0 bridgehead atoms. The second kappa shape index (κ2) is 7.62. The highest BCUT2D eigenvalue weighted by Crippen LogP contribution is 2.14. The van der Waals surface area contributed by atoms with Crippen molar-refractivity contribution in [2.24, 2.45) is 11.7 Å². The molecule has 0 spiro atoms. The van der Waals surface area contributed by atoms with Crippen LogP contribution in [0.3, 0.4) is 0 Å². The van der Waals surface area contributed by atoms with E-state index in [0.29, 0.717) is 0 Å². The lowest BCUT2D eigenvalue weighted by Crippen LogP contribution is -2.52. The number of nitrogens with two attached hydrogens (primary N) is 1. The first-order valence-electron chi connectivity index (χ1n) is 7.15. The summed E-state index contributed by atoms with van der Waals surface area (Å²) in [6.07, 6.45) is -0.813. The van der Waals surface area contributed by atoms with Crippen LogP contribution >= 0.6 is 0 Å². The number of alkyl carbamates (subject to hydrolysis) is 1. The third kappa shape index (κ3) is 6.37. The molecule has 0 saturated heterocycles. The molecule has 23 heavy (non-hydrogen) atoms. The van der Waals surface area contributed by atoms with Crippen LogP contribution in [0.4, 0.5) is 4.79 Å². The minimum Gasteiger partial charge on any atom is -0.480 e. The average molecular weight is 322 g/mol. The van der Waals surface area contributed by atoms with Gasteiger partial charge in [0.2, 0.25) is 5.91 Å². The minimum absolute atomic E-state index is 0.100. The molecular formula is C16H22N2O5. The lowest BCUT2D eigenvalue weighted by molar-refractivity contribution is -0.143. The van der Waals surface area contributed by atoms with Gasteiger partial charge in [0.25, 0.3) is 0 Å². The van der Waals surface area contributed by atoms with Crippen LogP contribution in [0.25, 0.3) is 0 Å². The van der Waals surface area contributed by atoms with E-state index < -0.39 is 35.5 Å². The van der Waals surface area contributed by atoms with E-state index in [-0.39, 0.29) is 6.42 Å². The highest BCUT2D eigenvalue weighted by atomic mass is 16.6. The van der Waals surface area contributed by atoms with Crippen LogP contribution in [0.2, 0.25) is 0 Å². The second-order valence-corrected chi connectivity index (χ2v) is 6.16. The summed E-state index contributed by atoms with van der Waals surface area (Å²) in [7, 11) is 0. The van der Waals surface area contributed by atoms with Gasteiger partial charge in [-0.3, -0.25) is 4.79 Å². The molecule has 126 valence electrons. The predicted octanol–water partition coefficient (Wildman–Crippen LogP) is 1.31. The summed E-state index contributed by atoms with van der Waals surface area (Å²) in [5.41, 5.74) is 5.29. The van der Waals surface area contributed by atoms with Gasteiger partial charge in [0.05, 0.1) is 5.92 Å². The molecule has 2 amide bonds. The second-order valence-electron chi connectivity index (χ2n) is 6.16. The predicted molar refractivity (Wildman–Crippen MR) is 83.6 cm³/mol. The Bertz CT molecular complexity index is 566. The monoisotopic (exact) mass is 322 g/mol. The molecular weight excluding hydrogens is 300 g/mol. The molecule has 1 rings (SSSR count). The fourth-order valence-corrected chi connectivity index (χ4v) is 2.02. The summed E-state index contributed by atoms with van der Waals surface area (Å²) in [5, 5.41) is 11.6. The molecule has 1 aromatic carbocycles. The molecule has 0 aliphatic heterocycles. The number of hydrogen-bond acceptors (Lipinski definition) is 4. The fraction of sp³-hybridized carbons (Fsp3) is 0.438. The van der Waals surface area contributed by atoms with Crippen molar-refractivity contribution in [1.29, 1.82) is 0 Å². The molecule has 0 saturated carbocycles. The number of ether oxygens (including phenoxy) is 1. The third-order valence-electron chi connectivity index (χ3n) is 3.00. The molecule has 0 fully saturated rings. The Labute approximate surface area is 134 Å². The van der Waals surface area contributed by atoms with E-state index >= 15 is 0 Å². The number of hydrogen-bond donors (Lipinski definition) is 3. The summed E-state index contributed by atoms with van der Waals surface area (Å²) in [6, 6.07) is 7.37. The number of carboxylic acid groups (broad SMARTS) is 1. The molecule has 1 aromatic rings. The maximum absolute atomic E-state index is 11.8. The van der Waals surface area contributed by atoms with Crippen molar-refractivity contribution in [3.63, 3.8) is 0 Å². The van der Waals surface area contributed by atoms with Crippen molar-refractivity contribution < 1.29 is 24.2 Å². The Morgan fingerprint density at radius 2 is 1.78 bits per heavy atom. The van der Waals surface area contributed by atoms with Crippen LogP contribution in [0, 0.1) is 5.92 Å². The van der Waals surface area contributed by atoms with Crippen LogP contribution in [0.1, 0.15) is 26.3 Å². The molecule has 2 atom stereocenters. The highest BCUT2D eigenvalue weighted by molar-refractivity contribution is 5.88. The van der Waals surface area contributed by atoms with E-state index in [1.165, 1.54) is 0 Å². The zero-order chi connectivity index (χ0) is 17.6. The van der Waals surface area contributed by atoms with Gasteiger partial charge in [0, 0.05) is 0 Å². The van der Waals surface area contributed by atoms with Gasteiger partial charge in [-0.1, -0.05) is 30.3 Å². The van der Waals surface area contributed by atoms with Crippen LogP contribution in [0.5, 0.6) is 0 Å². The largest absolute Gasteiger partial charge is 0.480 e. The first kappa shape index (κ1) is 18.5. The number of carbonyl (C=O) groups is 3. The van der Waals surface area contributed by atoms with Crippen molar-refractivity contribution in [2.75, 3.05) is 0 Å². The zero-order valence-electron chi connectivity index (χ0n) is 13.4. The zero-order valence-corrected chi connectivity index (χ0v) is 13.4. The number of primary amides is 1. The number of rotatable bonds is 6. The van der Waals surface area contributed by atoms with Crippen molar-refractivity contribution in [2.45, 2.75) is 38.8 Å². The first-order chi connectivity index (χ1) is 10.6. The lowest BCUT2D eigenvalue weighted by Gasteiger charge is -2.25. The summed E-state index contributed by atoms with van der Waals surface area (Å²) >= 11 is 0. The maximum Gasteiger partial charge on any atom is 0.408 e. The minimum atomic E-state index is -1.47. The van der Waals surface area contributed by atoms with Crippen molar-refractivity contribution in [1.82, 2.24) is 5.32 Å². The van der Waals surface area contributed by atoms with Crippen LogP contribution < -0.4 is 11.1 Å². The SMILES string of the molecule is CC(C)(C)OC(=O)N[C@H](C(=O)O)C(Cc1ccccc1)C(N)=O. The van der Waals surface area contributed by atoms with E-state index in [2.05, 4.69) is 5.32 Å². The third-order valence-corrected chi connectivity index (χ3v) is 3.00. The Morgan fingerprint density at radius 1 is 1.22 bits per heavy atom. The summed E-state index contributed by atoms with van der Waals surface area (Å²) in [5.74, 6) is -3.25. The van der Waals surface area contributed by atoms with Crippen molar-refractivity contribution in [3.8, 4) is 0 Å². The number of amides is 2. The first-order valence-corrected chi connectivity index (χ1v) is 7.15. The molecule has 0 radical (unpaired) electrons. The topological polar surface area (TPSA) is 119 Å². The van der Waals surface area contributed by atoms with E-state index in [4.69, 9.17) is 10.5 Å². The number of carboxylic acids is 1. The molecule has 7 heteroatoms. The fourth-order valence-electron chi connectivity index (χ4n) is 2.02. The molecule has 7 nitrogen and oxygen atoms in total. The molecule has 1 unspecified atom stereocenters. The lowest BCUT2D eigenvalue weighted by atomic mass is 9.91. The van der Waals surface area contributed by atoms with E-state index in [1.54, 1.807) is 51.1 Å². The molecule has 4 N–H and O–H groups in total. The van der Waals surface area contributed by atoms with Crippen molar-refractivity contribution >= 4 is 18.0 Å². The van der Waals surface area contributed by atoms with E-state index in [0.717, 1.165) is 5.56 Å². The molecule has 0 aliphatic rings. The Kier molecular flexibility index (Phi) is 6.12. The summed E-state index contributed by atoms with van der Waals surface area (Å²) < 4.78 is 5.03. The van der Waals surface area contributed by atoms with Crippen LogP contribution in [-0.4, -0.2) is 34.7 Å². The standard InChI is InChI=1S/C16H22N2O5/c1-16(2,3)23-15(22)18-12(14(20)21)11(13(17)19)9-10-7-5-4-6-8-10/h4-8,11-12H,9H2,1-3H3,(H2,17,19)(H,18,22)(H,20,21)/t11?,12-/m0/s1. The van der Waals surface area contributed by atoms with Gasteiger partial charge >= 0.3 is 12.1 Å². The van der Waals surface area contributed by atoms with E-state index in [1.807, 2.05) is 0 Å². The van der Waals surface area contributed by atoms with Crippen molar-refractivity contribution in [3.05, 3.63) is 35.9 Å². The number of carbonyl (C=O) groups excluding carboxylic acids is 2. The van der Waals surface area contributed by atoms with Crippen LogP contribution in [-0.2, 0) is 20.7 Å². The number of benzene rings is 1. The Morgan fingerprint density at radius 3 is 2.22 bits per heavy atom. The molecule has 0 heterocycles. The van der Waals surface area contributed by atoms with Gasteiger partial charge in [-0.15, -0.1) is 0 Å². The number of nitrogens with one attached hydrogen (secondary N) is 1. The normalized spacial score (nSPS) is 13.7. The van der Waals surface area contributed by atoms with E-state index in [9.17, 15) is 19.5 Å². The Hall–Kier alpha value is -2.57. The van der Waals surface area contributed by atoms with Gasteiger partial charge in [-0.25, -0.2) is 9.59 Å². The molecule has 0 aromatic heterocycles. The smallest absolute Gasteiger partial charge is 0.408 e. The van der Waals surface area contributed by atoms with Gasteiger partial charge < -0.3 is 20.9 Å². The van der Waals surface area contributed by atoms with Gasteiger partial charge in [0.15, 0.2) is 0 Å². The van der Waals surface area contributed by atoms with Crippen LogP contribution in [0.15, 0.2) is 30.3 Å². The van der Waals surface area contributed by atoms with Gasteiger partial charge in [-0.05, 0) is 32.8 Å². The molecule has 0 aliphatic carbocycles. The van der Waals surface area contributed by atoms with Gasteiger partial charge in [0.1, 0.15) is 11.6 Å². The summed E-state index contributed by atoms with van der Waals surface area (Å²) in [6.45, 7) is 4.95. The van der Waals surface area contributed by atoms with Gasteiger partial charge in [-0.2, -0.15) is 0 Å². The number of aliphatic carboxylic acids is 1. The quantitative estimate of drug-likeness (QED) is 0.729. The average Bonchev–Trinajstić information content (AvgIpc) is 2.41. The Balaban J connectivity index is 2.92. The highest BCUT2D eigenvalue weighted by Gasteiger charge is 2.35.